The highest BCUT2D eigenvalue weighted by Crippen LogP contribution is 2.27. The molecule has 1 aliphatic rings. The zero-order valence-electron chi connectivity index (χ0n) is 17.7. The van der Waals surface area contributed by atoms with E-state index in [9.17, 15) is 24.0 Å². The highest BCUT2D eigenvalue weighted by atomic mass is 16.7. The largest absolute Gasteiger partial charge is 0.461 e. The molecule has 0 aromatic heterocycles. The number of ether oxygens (including phenoxy) is 6. The zero-order chi connectivity index (χ0) is 23.0. The zero-order valence-corrected chi connectivity index (χ0v) is 17.7. The van der Waals surface area contributed by atoms with Crippen molar-refractivity contribution in [2.45, 2.75) is 71.4 Å². The summed E-state index contributed by atoms with van der Waals surface area (Å²) >= 11 is 0. The van der Waals surface area contributed by atoms with Gasteiger partial charge in [-0.2, -0.15) is 0 Å². The summed E-state index contributed by atoms with van der Waals surface area (Å²) in [7, 11) is 1.31. The molecular weight excluding hydrogens is 406 g/mol. The van der Waals surface area contributed by atoms with Crippen molar-refractivity contribution in [2.75, 3.05) is 13.7 Å². The summed E-state index contributed by atoms with van der Waals surface area (Å²) in [5, 5.41) is 2.54. The van der Waals surface area contributed by atoms with Gasteiger partial charge >= 0.3 is 23.9 Å². The van der Waals surface area contributed by atoms with E-state index in [1.807, 2.05) is 0 Å². The Balaban J connectivity index is 3.13. The number of rotatable bonds is 8. The van der Waals surface area contributed by atoms with Crippen molar-refractivity contribution in [3.8, 4) is 0 Å². The van der Waals surface area contributed by atoms with Crippen LogP contribution in [0.1, 0.15) is 34.6 Å². The summed E-state index contributed by atoms with van der Waals surface area (Å²) in [6.45, 7) is 5.57. The Morgan fingerprint density at radius 2 is 1.47 bits per heavy atom. The van der Waals surface area contributed by atoms with E-state index in [4.69, 9.17) is 28.4 Å². The van der Waals surface area contributed by atoms with Gasteiger partial charge in [0, 0.05) is 34.8 Å². The van der Waals surface area contributed by atoms with Gasteiger partial charge in [-0.3, -0.25) is 24.0 Å². The molecule has 0 unspecified atom stereocenters. The van der Waals surface area contributed by atoms with Crippen molar-refractivity contribution < 1.29 is 52.4 Å². The van der Waals surface area contributed by atoms with Gasteiger partial charge in [-0.15, -0.1) is 0 Å². The summed E-state index contributed by atoms with van der Waals surface area (Å²) < 4.78 is 31.0. The van der Waals surface area contributed by atoms with Crippen LogP contribution >= 0.6 is 0 Å². The normalized spacial score (nSPS) is 26.7. The van der Waals surface area contributed by atoms with Gasteiger partial charge in [0.2, 0.25) is 6.10 Å². The second-order valence-electron chi connectivity index (χ2n) is 6.53. The van der Waals surface area contributed by atoms with Crippen LogP contribution in [0.5, 0.6) is 0 Å². The Kier molecular flexibility index (Phi) is 9.66. The molecule has 0 aliphatic carbocycles. The van der Waals surface area contributed by atoms with Gasteiger partial charge in [-0.1, -0.05) is 0 Å². The minimum atomic E-state index is -1.45. The molecule has 0 radical (unpaired) electrons. The molecular formula is C18H27NO11. The van der Waals surface area contributed by atoms with Crippen LogP contribution in [0.15, 0.2) is 0 Å². The first-order valence-corrected chi connectivity index (χ1v) is 9.09. The van der Waals surface area contributed by atoms with Gasteiger partial charge in [-0.25, -0.2) is 0 Å². The molecule has 6 atom stereocenters. The molecule has 12 nitrogen and oxygen atoms in total. The second kappa shape index (κ2) is 11.5. The van der Waals surface area contributed by atoms with Gasteiger partial charge in [-0.05, 0) is 6.92 Å². The third-order valence-corrected chi connectivity index (χ3v) is 3.98. The van der Waals surface area contributed by atoms with Crippen molar-refractivity contribution in [1.29, 1.82) is 0 Å². The topological polar surface area (TPSA) is 153 Å². The van der Waals surface area contributed by atoms with E-state index in [-0.39, 0.29) is 0 Å². The quantitative estimate of drug-likeness (QED) is 0.379. The van der Waals surface area contributed by atoms with Crippen LogP contribution in [0.3, 0.4) is 0 Å². The molecule has 1 heterocycles. The standard InChI is InChI=1S/C18H27NO11/c1-8-14(19-17(24)13(28-10(3)21)7-26-9(2)20)15(29-11(4)22)16(30-12(5)23)18(25-6)27-8/h8,13-16,18H,7H2,1-6H3,(H,19,24)/t8-,13+,14-,15+,16+,18+/m1/s1. The lowest BCUT2D eigenvalue weighted by atomic mass is 9.96. The molecule has 1 amide bonds. The van der Waals surface area contributed by atoms with Crippen molar-refractivity contribution >= 4 is 29.8 Å². The van der Waals surface area contributed by atoms with Crippen LogP contribution in [-0.4, -0.2) is 80.2 Å². The number of hydrogen-bond acceptors (Lipinski definition) is 11. The Labute approximate surface area is 173 Å². The number of amides is 1. The Morgan fingerprint density at radius 3 is 1.93 bits per heavy atom. The monoisotopic (exact) mass is 433 g/mol. The highest BCUT2D eigenvalue weighted by molar-refractivity contribution is 5.84. The molecule has 0 bridgehead atoms. The minimum Gasteiger partial charge on any atom is -0.461 e. The van der Waals surface area contributed by atoms with Crippen molar-refractivity contribution in [3.63, 3.8) is 0 Å². The van der Waals surface area contributed by atoms with Gasteiger partial charge < -0.3 is 33.7 Å². The molecule has 12 heteroatoms. The molecule has 1 rings (SSSR count). The average molecular weight is 433 g/mol. The van der Waals surface area contributed by atoms with Gasteiger partial charge in [0.25, 0.3) is 5.91 Å². The molecule has 30 heavy (non-hydrogen) atoms. The first-order valence-electron chi connectivity index (χ1n) is 9.09. The third-order valence-electron chi connectivity index (χ3n) is 3.98. The number of esters is 4. The highest BCUT2D eigenvalue weighted by Gasteiger charge is 2.49. The van der Waals surface area contributed by atoms with Crippen LogP contribution in [0.4, 0.5) is 0 Å². The predicted molar refractivity (Wildman–Crippen MR) is 96.6 cm³/mol. The Bertz CT molecular complexity index is 665. The smallest absolute Gasteiger partial charge is 0.303 e. The van der Waals surface area contributed by atoms with Gasteiger partial charge in [0.15, 0.2) is 18.5 Å². The van der Waals surface area contributed by atoms with Crippen LogP contribution in [0, 0.1) is 0 Å². The lowest BCUT2D eigenvalue weighted by molar-refractivity contribution is -0.272. The Morgan fingerprint density at radius 1 is 0.900 bits per heavy atom. The fourth-order valence-corrected chi connectivity index (χ4v) is 2.85. The summed E-state index contributed by atoms with van der Waals surface area (Å²) in [5.74, 6) is -3.66. The van der Waals surface area contributed by atoms with Crippen molar-refractivity contribution in [2.24, 2.45) is 0 Å². The molecule has 0 spiro atoms. The first kappa shape index (κ1) is 25.3. The molecule has 0 saturated carbocycles. The van der Waals surface area contributed by atoms with Crippen LogP contribution in [-0.2, 0) is 52.4 Å². The number of carbonyl (C=O) groups excluding carboxylic acids is 5. The number of hydrogen-bond donors (Lipinski definition) is 1. The number of methoxy groups -OCH3 is 1. The fraction of sp³-hybridized carbons (Fsp3) is 0.722. The van der Waals surface area contributed by atoms with Gasteiger partial charge in [0.1, 0.15) is 6.61 Å². The minimum absolute atomic E-state index is 0.519. The maximum atomic E-state index is 12.7. The van der Waals surface area contributed by atoms with Crippen molar-refractivity contribution in [3.05, 3.63) is 0 Å². The fourth-order valence-electron chi connectivity index (χ4n) is 2.85. The van der Waals surface area contributed by atoms with E-state index in [0.29, 0.717) is 0 Å². The lowest BCUT2D eigenvalue weighted by Gasteiger charge is -2.44. The van der Waals surface area contributed by atoms with E-state index in [2.05, 4.69) is 5.32 Å². The molecule has 0 aromatic carbocycles. The summed E-state index contributed by atoms with van der Waals surface area (Å²) in [5.41, 5.74) is 0. The first-order chi connectivity index (χ1) is 14.0. The molecule has 1 aliphatic heterocycles. The molecule has 1 fully saturated rings. The average Bonchev–Trinajstić information content (AvgIpc) is 2.62. The lowest BCUT2D eigenvalue weighted by Crippen LogP contribution is -2.66. The van der Waals surface area contributed by atoms with E-state index in [0.717, 1.165) is 27.7 Å². The van der Waals surface area contributed by atoms with E-state index in [1.165, 1.54) is 7.11 Å². The second-order valence-corrected chi connectivity index (χ2v) is 6.53. The van der Waals surface area contributed by atoms with Crippen molar-refractivity contribution in [1.82, 2.24) is 5.32 Å². The maximum Gasteiger partial charge on any atom is 0.303 e. The third kappa shape index (κ3) is 7.59. The molecule has 0 aromatic rings. The summed E-state index contributed by atoms with van der Waals surface area (Å²) in [4.78, 5) is 58.2. The maximum absolute atomic E-state index is 12.7. The molecule has 170 valence electrons. The van der Waals surface area contributed by atoms with E-state index < -0.39 is 73.1 Å². The van der Waals surface area contributed by atoms with Crippen LogP contribution in [0.2, 0.25) is 0 Å². The van der Waals surface area contributed by atoms with Crippen LogP contribution in [0.25, 0.3) is 0 Å². The Hall–Kier alpha value is -2.73. The number of nitrogens with one attached hydrogen (secondary N) is 1. The number of carbonyl (C=O) groups is 5. The molecule has 1 N–H and O–H groups in total. The summed E-state index contributed by atoms with van der Waals surface area (Å²) in [6, 6.07) is -1.01. The summed E-state index contributed by atoms with van der Waals surface area (Å²) in [6.07, 6.45) is -5.63. The SMILES string of the molecule is CO[C@H]1O[C@H](C)[C@@H](NC(=O)[C@H](COC(C)=O)OC(C)=O)[C@H](OC(C)=O)[C@@H]1OC(C)=O. The van der Waals surface area contributed by atoms with E-state index in [1.54, 1.807) is 6.92 Å². The van der Waals surface area contributed by atoms with Gasteiger partial charge in [0.05, 0.1) is 12.1 Å². The van der Waals surface area contributed by atoms with Crippen LogP contribution < -0.4 is 5.32 Å². The predicted octanol–water partition coefficient (Wildman–Crippen LogP) is -0.779. The van der Waals surface area contributed by atoms with E-state index >= 15 is 0 Å². The molecule has 1 saturated heterocycles.